The Morgan fingerprint density at radius 3 is 2.53 bits per heavy atom. The van der Waals surface area contributed by atoms with Crippen LogP contribution in [0, 0.1) is 19.8 Å². The maximum Gasteiger partial charge on any atom is 0.0393 e. The minimum absolute atomic E-state index is 0.538. The molecule has 1 rings (SSSR count). The van der Waals surface area contributed by atoms with Gasteiger partial charge in [-0.25, -0.2) is 0 Å². The zero-order valence-electron chi connectivity index (χ0n) is 10.2. The Morgan fingerprint density at radius 2 is 2.00 bits per heavy atom. The number of hydrogen-bond acceptors (Lipinski definition) is 2. The normalized spacial score (nSPS) is 12.6. The van der Waals surface area contributed by atoms with E-state index in [1.54, 1.807) is 0 Å². The molecule has 1 aromatic carbocycles. The minimum atomic E-state index is 0.538. The summed E-state index contributed by atoms with van der Waals surface area (Å²) < 4.78 is 0. The summed E-state index contributed by atoms with van der Waals surface area (Å²) in [6.45, 7) is 8.22. The van der Waals surface area contributed by atoms with Crippen LogP contribution in [-0.2, 0) is 0 Å². The number of hydrogen-bond donors (Lipinski definition) is 1. The van der Waals surface area contributed by atoms with Crippen molar-refractivity contribution in [3.63, 3.8) is 0 Å². The second kappa shape index (κ2) is 5.17. The second-order valence-electron chi connectivity index (χ2n) is 4.51. The van der Waals surface area contributed by atoms with Crippen molar-refractivity contribution in [2.45, 2.75) is 20.8 Å². The van der Waals surface area contributed by atoms with Crippen LogP contribution < -0.4 is 10.6 Å². The van der Waals surface area contributed by atoms with Crippen molar-refractivity contribution in [2.24, 2.45) is 11.7 Å². The van der Waals surface area contributed by atoms with Crippen LogP contribution in [-0.4, -0.2) is 20.1 Å². The molecule has 1 aromatic rings. The highest BCUT2D eigenvalue weighted by Gasteiger charge is 2.07. The van der Waals surface area contributed by atoms with Crippen LogP contribution >= 0.6 is 0 Å². The first kappa shape index (κ1) is 12.1. The Hall–Kier alpha value is -1.02. The predicted octanol–water partition coefficient (Wildman–Crippen LogP) is 2.33. The highest BCUT2D eigenvalue weighted by molar-refractivity contribution is 5.53. The van der Waals surface area contributed by atoms with Crippen LogP contribution in [0.25, 0.3) is 0 Å². The molecule has 1 atom stereocenters. The predicted molar refractivity (Wildman–Crippen MR) is 67.4 cm³/mol. The molecular formula is C13H22N2. The van der Waals surface area contributed by atoms with Gasteiger partial charge >= 0.3 is 0 Å². The maximum atomic E-state index is 5.63. The van der Waals surface area contributed by atoms with Gasteiger partial charge in [0.05, 0.1) is 0 Å². The van der Waals surface area contributed by atoms with Crippen LogP contribution in [0.2, 0.25) is 0 Å². The van der Waals surface area contributed by atoms with Crippen molar-refractivity contribution in [1.82, 2.24) is 0 Å². The van der Waals surface area contributed by atoms with Gasteiger partial charge in [-0.15, -0.1) is 0 Å². The maximum absolute atomic E-state index is 5.63. The van der Waals surface area contributed by atoms with Gasteiger partial charge in [-0.2, -0.15) is 0 Å². The van der Waals surface area contributed by atoms with Gasteiger partial charge in [-0.3, -0.25) is 0 Å². The minimum Gasteiger partial charge on any atom is -0.374 e. The molecule has 0 radical (unpaired) electrons. The summed E-state index contributed by atoms with van der Waals surface area (Å²) in [6, 6.07) is 6.57. The lowest BCUT2D eigenvalue weighted by molar-refractivity contribution is 0.589. The Kier molecular flexibility index (Phi) is 4.15. The third kappa shape index (κ3) is 3.24. The standard InChI is InChI=1S/C13H22N2/c1-10-5-6-13(12(3)7-10)15(4)9-11(2)8-14/h5-7,11H,8-9,14H2,1-4H3. The quantitative estimate of drug-likeness (QED) is 0.819. The van der Waals surface area contributed by atoms with Gasteiger partial charge in [-0.05, 0) is 37.9 Å². The molecule has 0 amide bonds. The van der Waals surface area contributed by atoms with Crippen molar-refractivity contribution in [2.75, 3.05) is 25.0 Å². The fraction of sp³-hybridized carbons (Fsp3) is 0.538. The molecule has 0 spiro atoms. The Bertz CT molecular complexity index is 320. The monoisotopic (exact) mass is 206 g/mol. The summed E-state index contributed by atoms with van der Waals surface area (Å²) in [4.78, 5) is 2.28. The van der Waals surface area contributed by atoms with E-state index in [-0.39, 0.29) is 0 Å². The van der Waals surface area contributed by atoms with Gasteiger partial charge in [0.25, 0.3) is 0 Å². The van der Waals surface area contributed by atoms with Crippen molar-refractivity contribution in [1.29, 1.82) is 0 Å². The number of aryl methyl sites for hydroxylation is 2. The van der Waals surface area contributed by atoms with E-state index in [9.17, 15) is 0 Å². The zero-order valence-corrected chi connectivity index (χ0v) is 10.2. The molecule has 84 valence electrons. The molecule has 0 aliphatic carbocycles. The van der Waals surface area contributed by atoms with E-state index in [0.29, 0.717) is 5.92 Å². The summed E-state index contributed by atoms with van der Waals surface area (Å²) >= 11 is 0. The molecule has 0 saturated heterocycles. The first-order valence-corrected chi connectivity index (χ1v) is 5.53. The fourth-order valence-corrected chi connectivity index (χ4v) is 1.87. The van der Waals surface area contributed by atoms with E-state index in [1.807, 2.05) is 0 Å². The lowest BCUT2D eigenvalue weighted by atomic mass is 10.1. The molecular weight excluding hydrogens is 184 g/mol. The average Bonchev–Trinajstić information content (AvgIpc) is 2.17. The molecule has 1 unspecified atom stereocenters. The molecule has 0 saturated carbocycles. The van der Waals surface area contributed by atoms with Gasteiger partial charge in [0.15, 0.2) is 0 Å². The molecule has 2 heteroatoms. The highest BCUT2D eigenvalue weighted by Crippen LogP contribution is 2.20. The SMILES string of the molecule is Cc1ccc(N(C)CC(C)CN)c(C)c1. The van der Waals surface area contributed by atoms with Crippen LogP contribution in [0.1, 0.15) is 18.1 Å². The summed E-state index contributed by atoms with van der Waals surface area (Å²) in [7, 11) is 2.13. The summed E-state index contributed by atoms with van der Waals surface area (Å²) in [5.74, 6) is 0.538. The Morgan fingerprint density at radius 1 is 1.33 bits per heavy atom. The van der Waals surface area contributed by atoms with Gasteiger partial charge in [0.2, 0.25) is 0 Å². The summed E-state index contributed by atoms with van der Waals surface area (Å²) in [5, 5.41) is 0. The van der Waals surface area contributed by atoms with Crippen molar-refractivity contribution < 1.29 is 0 Å². The number of anilines is 1. The average molecular weight is 206 g/mol. The van der Waals surface area contributed by atoms with E-state index < -0.39 is 0 Å². The third-order valence-electron chi connectivity index (χ3n) is 2.75. The second-order valence-corrected chi connectivity index (χ2v) is 4.51. The van der Waals surface area contributed by atoms with Gasteiger partial charge in [-0.1, -0.05) is 24.6 Å². The number of nitrogens with zero attached hydrogens (tertiary/aromatic N) is 1. The van der Waals surface area contributed by atoms with Gasteiger partial charge < -0.3 is 10.6 Å². The molecule has 2 nitrogen and oxygen atoms in total. The molecule has 0 bridgehead atoms. The van der Waals surface area contributed by atoms with Crippen LogP contribution in [0.3, 0.4) is 0 Å². The lowest BCUT2D eigenvalue weighted by Crippen LogP contribution is -2.28. The largest absolute Gasteiger partial charge is 0.374 e. The Labute approximate surface area is 93.1 Å². The number of rotatable bonds is 4. The molecule has 2 N–H and O–H groups in total. The van der Waals surface area contributed by atoms with Crippen LogP contribution in [0.15, 0.2) is 18.2 Å². The molecule has 0 heterocycles. The van der Waals surface area contributed by atoms with E-state index in [4.69, 9.17) is 5.73 Å². The summed E-state index contributed by atoms with van der Waals surface area (Å²) in [6.07, 6.45) is 0. The van der Waals surface area contributed by atoms with Crippen LogP contribution in [0.5, 0.6) is 0 Å². The topological polar surface area (TPSA) is 29.3 Å². The van der Waals surface area contributed by atoms with E-state index in [1.165, 1.54) is 16.8 Å². The number of nitrogens with two attached hydrogens (primary N) is 1. The van der Waals surface area contributed by atoms with E-state index >= 15 is 0 Å². The Balaban J connectivity index is 2.77. The van der Waals surface area contributed by atoms with E-state index in [2.05, 4.69) is 50.9 Å². The first-order valence-electron chi connectivity index (χ1n) is 5.53. The molecule has 15 heavy (non-hydrogen) atoms. The molecule has 0 fully saturated rings. The first-order chi connectivity index (χ1) is 7.04. The van der Waals surface area contributed by atoms with Gasteiger partial charge in [0, 0.05) is 19.3 Å². The smallest absolute Gasteiger partial charge is 0.0393 e. The molecule has 0 aromatic heterocycles. The van der Waals surface area contributed by atoms with Crippen molar-refractivity contribution >= 4 is 5.69 Å². The van der Waals surface area contributed by atoms with E-state index in [0.717, 1.165) is 13.1 Å². The van der Waals surface area contributed by atoms with Crippen LogP contribution in [0.4, 0.5) is 5.69 Å². The third-order valence-corrected chi connectivity index (χ3v) is 2.75. The molecule has 0 aliphatic heterocycles. The highest BCUT2D eigenvalue weighted by atomic mass is 15.1. The zero-order chi connectivity index (χ0) is 11.4. The van der Waals surface area contributed by atoms with Crippen molar-refractivity contribution in [3.8, 4) is 0 Å². The number of benzene rings is 1. The van der Waals surface area contributed by atoms with Crippen molar-refractivity contribution in [3.05, 3.63) is 29.3 Å². The van der Waals surface area contributed by atoms with Gasteiger partial charge in [0.1, 0.15) is 0 Å². The fourth-order valence-electron chi connectivity index (χ4n) is 1.87. The lowest BCUT2D eigenvalue weighted by Gasteiger charge is -2.24. The summed E-state index contributed by atoms with van der Waals surface area (Å²) in [5.41, 5.74) is 9.59. The molecule has 0 aliphatic rings.